The maximum Gasteiger partial charge on any atom is 0.176 e. The zero-order valence-electron chi connectivity index (χ0n) is 17.4. The monoisotopic (exact) mass is 458 g/mol. The summed E-state index contributed by atoms with van der Waals surface area (Å²) in [5, 5.41) is 50.8. The van der Waals surface area contributed by atoms with Crippen LogP contribution in [0.2, 0.25) is 5.02 Å². The Morgan fingerprint density at radius 3 is 2.16 bits per heavy atom. The van der Waals surface area contributed by atoms with Crippen molar-refractivity contribution >= 4 is 11.6 Å². The van der Waals surface area contributed by atoms with E-state index >= 15 is 0 Å². The average Bonchev–Trinajstić information content (AvgIpc) is 3.01. The average molecular weight is 459 g/mol. The maximum absolute atomic E-state index is 9.86. The minimum atomic E-state index is -0.629. The molecule has 0 amide bonds. The Morgan fingerprint density at radius 1 is 0.969 bits per heavy atom. The highest BCUT2D eigenvalue weighted by atomic mass is 35.5. The van der Waals surface area contributed by atoms with Crippen LogP contribution in [0.3, 0.4) is 0 Å². The molecular weight excluding hydrogens is 432 g/mol. The van der Waals surface area contributed by atoms with Crippen LogP contribution in [0, 0.1) is 0 Å². The van der Waals surface area contributed by atoms with E-state index in [1.54, 1.807) is 30.3 Å². The summed E-state index contributed by atoms with van der Waals surface area (Å²) in [5.41, 5.74) is 8.74. The van der Waals surface area contributed by atoms with E-state index in [1.807, 2.05) is 12.1 Å². The van der Waals surface area contributed by atoms with Gasteiger partial charge in [-0.2, -0.15) is 0 Å². The Morgan fingerprint density at radius 2 is 1.56 bits per heavy atom. The van der Waals surface area contributed by atoms with Gasteiger partial charge < -0.3 is 36.6 Å². The molecule has 2 unspecified atom stereocenters. The van der Waals surface area contributed by atoms with Crippen LogP contribution in [0.25, 0.3) is 0 Å². The van der Waals surface area contributed by atoms with Gasteiger partial charge in [-0.05, 0) is 65.6 Å². The molecule has 1 aliphatic heterocycles. The summed E-state index contributed by atoms with van der Waals surface area (Å²) < 4.78 is 0. The number of fused-ring (bicyclic) bond motifs is 1. The third kappa shape index (κ3) is 5.44. The number of phenolic OH excluding ortho intramolecular Hbond substituents is 4. The lowest BCUT2D eigenvalue weighted by atomic mass is 9.87. The SMILES string of the molecule is NCC(O)c1ccc(O)cc1.Oc1ccc(C2CNCCc3c2cc(O)c(O)c3Cl)cc1. The van der Waals surface area contributed by atoms with Crippen LogP contribution in [0.1, 0.15) is 34.3 Å². The summed E-state index contributed by atoms with van der Waals surface area (Å²) in [4.78, 5) is 0. The standard InChI is InChI=1S/C16H16ClNO3.C8H11NO2/c17-15-11-5-6-18-8-13(9-1-3-10(19)4-2-9)12(11)7-14(20)16(15)21;9-5-8(11)6-1-3-7(10)4-2-6/h1-4,7,13,18-21H,5-6,8H2;1-4,8,10-11H,5,9H2. The lowest BCUT2D eigenvalue weighted by molar-refractivity contribution is 0.186. The number of aliphatic hydroxyl groups is 1. The predicted molar refractivity (Wildman–Crippen MR) is 123 cm³/mol. The third-order valence-electron chi connectivity index (χ3n) is 5.43. The fraction of sp³-hybridized carbons (Fsp3) is 0.250. The Bertz CT molecular complexity index is 1040. The first-order chi connectivity index (χ1) is 15.3. The minimum Gasteiger partial charge on any atom is -0.508 e. The number of halogens is 1. The first-order valence-electron chi connectivity index (χ1n) is 10.2. The molecule has 1 aliphatic rings. The highest BCUT2D eigenvalue weighted by Gasteiger charge is 2.25. The number of phenols is 4. The smallest absolute Gasteiger partial charge is 0.176 e. The fourth-order valence-electron chi connectivity index (χ4n) is 3.66. The van der Waals surface area contributed by atoms with E-state index < -0.39 is 6.10 Å². The summed E-state index contributed by atoms with van der Waals surface area (Å²) in [6.45, 7) is 1.66. The van der Waals surface area contributed by atoms with Crippen molar-refractivity contribution in [2.75, 3.05) is 19.6 Å². The topological polar surface area (TPSA) is 139 Å². The van der Waals surface area contributed by atoms with Crippen LogP contribution in [0.15, 0.2) is 54.6 Å². The molecule has 0 bridgehead atoms. The van der Waals surface area contributed by atoms with Crippen molar-refractivity contribution in [2.24, 2.45) is 5.73 Å². The van der Waals surface area contributed by atoms with Crippen molar-refractivity contribution < 1.29 is 25.5 Å². The number of nitrogens with two attached hydrogens (primary N) is 1. The number of hydrogen-bond acceptors (Lipinski definition) is 7. The molecule has 2 atom stereocenters. The van der Waals surface area contributed by atoms with Gasteiger partial charge in [-0.25, -0.2) is 0 Å². The van der Waals surface area contributed by atoms with E-state index in [-0.39, 0.29) is 40.5 Å². The molecule has 0 spiro atoms. The second-order valence-electron chi connectivity index (χ2n) is 7.57. The molecule has 7 nitrogen and oxygen atoms in total. The minimum absolute atomic E-state index is 0.00657. The van der Waals surface area contributed by atoms with Gasteiger partial charge in [0.15, 0.2) is 11.5 Å². The van der Waals surface area contributed by atoms with Crippen LogP contribution in [-0.4, -0.2) is 45.2 Å². The normalized spacial score (nSPS) is 16.3. The van der Waals surface area contributed by atoms with Crippen LogP contribution < -0.4 is 11.1 Å². The number of aliphatic hydroxyl groups excluding tert-OH is 1. The third-order valence-corrected chi connectivity index (χ3v) is 5.84. The molecule has 8 N–H and O–H groups in total. The molecule has 0 radical (unpaired) electrons. The van der Waals surface area contributed by atoms with Crippen molar-refractivity contribution in [1.29, 1.82) is 0 Å². The first kappa shape index (κ1) is 23.7. The number of hydrogen-bond donors (Lipinski definition) is 7. The molecule has 0 fully saturated rings. The zero-order chi connectivity index (χ0) is 23.3. The Labute approximate surface area is 191 Å². The van der Waals surface area contributed by atoms with E-state index in [0.29, 0.717) is 13.0 Å². The summed E-state index contributed by atoms with van der Waals surface area (Å²) in [6.07, 6.45) is 0.0620. The molecule has 0 saturated heterocycles. The molecule has 32 heavy (non-hydrogen) atoms. The Hall–Kier alpha value is -2.97. The van der Waals surface area contributed by atoms with Crippen LogP contribution in [0.4, 0.5) is 0 Å². The molecule has 4 rings (SSSR count). The van der Waals surface area contributed by atoms with Gasteiger partial charge in [0.2, 0.25) is 0 Å². The molecule has 1 heterocycles. The second-order valence-corrected chi connectivity index (χ2v) is 7.95. The highest BCUT2D eigenvalue weighted by Crippen LogP contribution is 2.42. The van der Waals surface area contributed by atoms with Gasteiger partial charge in [-0.1, -0.05) is 35.9 Å². The fourth-order valence-corrected chi connectivity index (χ4v) is 3.96. The second kappa shape index (κ2) is 10.6. The number of aromatic hydroxyl groups is 4. The number of nitrogens with one attached hydrogen (secondary N) is 1. The number of benzene rings is 3. The largest absolute Gasteiger partial charge is 0.508 e. The summed E-state index contributed by atoms with van der Waals surface area (Å²) in [5.74, 6) is -0.0524. The van der Waals surface area contributed by atoms with Crippen LogP contribution in [0.5, 0.6) is 23.0 Å². The van der Waals surface area contributed by atoms with Gasteiger partial charge in [-0.15, -0.1) is 0 Å². The van der Waals surface area contributed by atoms with E-state index in [1.165, 1.54) is 12.1 Å². The number of rotatable bonds is 3. The van der Waals surface area contributed by atoms with Gasteiger partial charge in [-0.3, -0.25) is 0 Å². The van der Waals surface area contributed by atoms with Crippen molar-refractivity contribution in [1.82, 2.24) is 5.32 Å². The molecule has 0 saturated carbocycles. The summed E-state index contributed by atoms with van der Waals surface area (Å²) >= 11 is 6.19. The van der Waals surface area contributed by atoms with Gasteiger partial charge in [0.1, 0.15) is 11.5 Å². The Kier molecular flexibility index (Phi) is 7.82. The van der Waals surface area contributed by atoms with Gasteiger partial charge in [0, 0.05) is 19.0 Å². The molecular formula is C24H27ClN2O5. The van der Waals surface area contributed by atoms with E-state index in [0.717, 1.165) is 28.8 Å². The van der Waals surface area contributed by atoms with Crippen LogP contribution in [-0.2, 0) is 6.42 Å². The summed E-state index contributed by atoms with van der Waals surface area (Å²) in [6, 6.07) is 14.9. The lowest BCUT2D eigenvalue weighted by Crippen LogP contribution is -2.20. The van der Waals surface area contributed by atoms with E-state index in [2.05, 4.69) is 5.32 Å². The Balaban J connectivity index is 0.000000222. The molecule has 0 aromatic heterocycles. The lowest BCUT2D eigenvalue weighted by Gasteiger charge is -2.20. The molecule has 3 aromatic rings. The first-order valence-corrected chi connectivity index (χ1v) is 10.6. The molecule has 170 valence electrons. The van der Waals surface area contributed by atoms with Crippen molar-refractivity contribution in [3.8, 4) is 23.0 Å². The maximum atomic E-state index is 9.86. The van der Waals surface area contributed by atoms with Crippen molar-refractivity contribution in [3.05, 3.63) is 81.9 Å². The van der Waals surface area contributed by atoms with Crippen molar-refractivity contribution in [2.45, 2.75) is 18.4 Å². The van der Waals surface area contributed by atoms with Gasteiger partial charge in [0.25, 0.3) is 0 Å². The van der Waals surface area contributed by atoms with Gasteiger partial charge in [0.05, 0.1) is 11.1 Å². The predicted octanol–water partition coefficient (Wildman–Crippen LogP) is 3.12. The van der Waals surface area contributed by atoms with Crippen LogP contribution >= 0.6 is 11.6 Å². The zero-order valence-corrected chi connectivity index (χ0v) is 18.1. The van der Waals surface area contributed by atoms with Crippen molar-refractivity contribution in [3.63, 3.8) is 0 Å². The molecule has 3 aromatic carbocycles. The highest BCUT2D eigenvalue weighted by molar-refractivity contribution is 6.33. The van der Waals surface area contributed by atoms with E-state index in [9.17, 15) is 20.4 Å². The molecule has 0 aliphatic carbocycles. The molecule has 8 heteroatoms. The van der Waals surface area contributed by atoms with Gasteiger partial charge >= 0.3 is 0 Å². The van der Waals surface area contributed by atoms with E-state index in [4.69, 9.17) is 22.4 Å². The quantitative estimate of drug-likeness (QED) is 0.299. The summed E-state index contributed by atoms with van der Waals surface area (Å²) in [7, 11) is 0.